The lowest BCUT2D eigenvalue weighted by atomic mass is 9.89. The molecular formula is C17H28N2O3S. The summed E-state index contributed by atoms with van der Waals surface area (Å²) in [5.74, 6) is -0.0418. The molecule has 23 heavy (non-hydrogen) atoms. The molecule has 2 N–H and O–H groups in total. The van der Waals surface area contributed by atoms with Crippen molar-refractivity contribution in [2.45, 2.75) is 71.1 Å². The van der Waals surface area contributed by atoms with Gasteiger partial charge in [0.1, 0.15) is 0 Å². The van der Waals surface area contributed by atoms with Gasteiger partial charge >= 0.3 is 0 Å². The summed E-state index contributed by atoms with van der Waals surface area (Å²) in [7, 11) is -3.83. The van der Waals surface area contributed by atoms with Crippen molar-refractivity contribution in [3.05, 3.63) is 28.8 Å². The molecular weight excluding hydrogens is 312 g/mol. The second-order valence-electron chi connectivity index (χ2n) is 6.78. The zero-order valence-corrected chi connectivity index (χ0v) is 15.8. The molecule has 1 amide bonds. The van der Waals surface area contributed by atoms with Crippen molar-refractivity contribution in [3.8, 4) is 0 Å². The first kappa shape index (κ1) is 19.6. The number of carbonyl (C=O) groups excluding carboxylic acids is 1. The Morgan fingerprint density at radius 1 is 0.913 bits per heavy atom. The molecule has 0 unspecified atom stereocenters. The van der Waals surface area contributed by atoms with E-state index in [0.717, 1.165) is 16.7 Å². The molecule has 6 heteroatoms. The lowest BCUT2D eigenvalue weighted by molar-refractivity contribution is -0.119. The minimum Gasteiger partial charge on any atom is -0.278 e. The zero-order chi connectivity index (χ0) is 17.9. The summed E-state index contributed by atoms with van der Waals surface area (Å²) in [5.41, 5.74) is 4.85. The molecule has 0 saturated heterocycles. The number of hydrogen-bond donors (Lipinski definition) is 2. The van der Waals surface area contributed by atoms with Gasteiger partial charge in [-0.15, -0.1) is 4.83 Å². The second kappa shape index (κ2) is 7.45. The molecule has 130 valence electrons. The van der Waals surface area contributed by atoms with E-state index in [1.165, 1.54) is 6.92 Å². The maximum Gasteiger partial charge on any atom is 0.257 e. The third kappa shape index (κ3) is 4.78. The normalized spacial score (nSPS) is 12.3. The summed E-state index contributed by atoms with van der Waals surface area (Å²) < 4.78 is 25.5. The van der Waals surface area contributed by atoms with Gasteiger partial charge in [-0.3, -0.25) is 10.2 Å². The average Bonchev–Trinajstić information content (AvgIpc) is 2.43. The molecule has 1 rings (SSSR count). The molecule has 0 aromatic heterocycles. The van der Waals surface area contributed by atoms with E-state index in [0.29, 0.717) is 5.92 Å². The van der Waals surface area contributed by atoms with Gasteiger partial charge in [0.2, 0.25) is 5.91 Å². The first-order valence-corrected chi connectivity index (χ1v) is 9.41. The molecule has 0 spiro atoms. The van der Waals surface area contributed by atoms with Gasteiger partial charge in [0, 0.05) is 6.92 Å². The van der Waals surface area contributed by atoms with Crippen LogP contribution >= 0.6 is 0 Å². The fourth-order valence-corrected chi connectivity index (χ4v) is 3.98. The van der Waals surface area contributed by atoms with Crippen LogP contribution in [0, 0.1) is 0 Å². The van der Waals surface area contributed by atoms with Crippen molar-refractivity contribution in [1.82, 2.24) is 10.3 Å². The van der Waals surface area contributed by atoms with E-state index >= 15 is 0 Å². The highest BCUT2D eigenvalue weighted by molar-refractivity contribution is 7.89. The lowest BCUT2D eigenvalue weighted by Gasteiger charge is -2.22. The van der Waals surface area contributed by atoms with E-state index in [4.69, 9.17) is 0 Å². The molecule has 0 aliphatic heterocycles. The van der Waals surface area contributed by atoms with Crippen molar-refractivity contribution in [1.29, 1.82) is 0 Å². The molecule has 5 nitrogen and oxygen atoms in total. The quantitative estimate of drug-likeness (QED) is 0.780. The Kier molecular flexibility index (Phi) is 6.36. The minimum absolute atomic E-state index is 0.0510. The number of benzene rings is 1. The molecule has 0 saturated carbocycles. The minimum atomic E-state index is -3.83. The van der Waals surface area contributed by atoms with Gasteiger partial charge in [0.15, 0.2) is 0 Å². The Morgan fingerprint density at radius 3 is 1.65 bits per heavy atom. The SMILES string of the molecule is CC(=O)NNS(=O)(=O)c1c(C(C)C)cc(C(C)C)cc1C(C)C. The maximum absolute atomic E-state index is 12.7. The Balaban J connectivity index is 3.64. The average molecular weight is 340 g/mol. The van der Waals surface area contributed by atoms with Gasteiger partial charge in [-0.25, -0.2) is 8.42 Å². The molecule has 1 aromatic carbocycles. The zero-order valence-electron chi connectivity index (χ0n) is 15.0. The fraction of sp³-hybridized carbons (Fsp3) is 0.588. The highest BCUT2D eigenvalue weighted by atomic mass is 32.2. The Hall–Kier alpha value is -1.40. The van der Waals surface area contributed by atoms with Crippen LogP contribution in [0.25, 0.3) is 0 Å². The molecule has 0 atom stereocenters. The monoisotopic (exact) mass is 340 g/mol. The third-order valence-corrected chi connectivity index (χ3v) is 5.09. The van der Waals surface area contributed by atoms with Gasteiger partial charge in [-0.2, -0.15) is 0 Å². The second-order valence-corrected chi connectivity index (χ2v) is 8.40. The molecule has 0 heterocycles. The van der Waals surface area contributed by atoms with Crippen LogP contribution in [-0.4, -0.2) is 14.3 Å². The van der Waals surface area contributed by atoms with Gasteiger partial charge in [-0.1, -0.05) is 53.7 Å². The highest BCUT2D eigenvalue weighted by Gasteiger charge is 2.27. The van der Waals surface area contributed by atoms with Gasteiger partial charge in [0.25, 0.3) is 10.0 Å². The number of nitrogens with one attached hydrogen (secondary N) is 2. The molecule has 0 radical (unpaired) electrons. The predicted octanol–water partition coefficient (Wildman–Crippen LogP) is 3.39. The number of rotatable bonds is 6. The molecule has 0 fully saturated rings. The summed E-state index contributed by atoms with van der Waals surface area (Å²) in [5, 5.41) is 0. The smallest absolute Gasteiger partial charge is 0.257 e. The van der Waals surface area contributed by atoms with E-state index < -0.39 is 15.9 Å². The standard InChI is InChI=1S/C17H28N2O3S/c1-10(2)14-8-15(11(3)4)17(16(9-14)12(5)6)23(21,22)19-18-13(7)20/h8-12,19H,1-7H3,(H,18,20). The largest absolute Gasteiger partial charge is 0.278 e. The number of hydrogen-bond acceptors (Lipinski definition) is 3. The van der Waals surface area contributed by atoms with Crippen LogP contribution in [0.1, 0.15) is 82.9 Å². The molecule has 0 aliphatic rings. The maximum atomic E-state index is 12.7. The summed E-state index contributed by atoms with van der Waals surface area (Å²) in [4.78, 5) is 13.5. The lowest BCUT2D eigenvalue weighted by Crippen LogP contribution is -2.41. The molecule has 0 aliphatic carbocycles. The van der Waals surface area contributed by atoms with Crippen LogP contribution < -0.4 is 10.3 Å². The van der Waals surface area contributed by atoms with E-state index in [-0.39, 0.29) is 16.7 Å². The van der Waals surface area contributed by atoms with Crippen molar-refractivity contribution >= 4 is 15.9 Å². The predicted molar refractivity (Wildman–Crippen MR) is 92.8 cm³/mol. The van der Waals surface area contributed by atoms with Gasteiger partial charge < -0.3 is 0 Å². The number of carbonyl (C=O) groups is 1. The number of hydrazine groups is 1. The van der Waals surface area contributed by atoms with Crippen molar-refractivity contribution < 1.29 is 13.2 Å². The third-order valence-electron chi connectivity index (χ3n) is 3.71. The number of amides is 1. The van der Waals surface area contributed by atoms with Crippen LogP contribution in [0.5, 0.6) is 0 Å². The van der Waals surface area contributed by atoms with Crippen molar-refractivity contribution in [3.63, 3.8) is 0 Å². The number of sulfonamides is 1. The van der Waals surface area contributed by atoms with E-state index in [1.54, 1.807) is 0 Å². The Bertz CT molecular complexity index is 648. The van der Waals surface area contributed by atoms with E-state index in [2.05, 4.69) is 24.1 Å². The van der Waals surface area contributed by atoms with Crippen LogP contribution in [0.15, 0.2) is 17.0 Å². The summed E-state index contributed by atoms with van der Waals surface area (Å²) >= 11 is 0. The van der Waals surface area contributed by atoms with Gasteiger partial charge in [-0.05, 0) is 34.4 Å². The fourth-order valence-electron chi connectivity index (χ4n) is 2.39. The van der Waals surface area contributed by atoms with Gasteiger partial charge in [0.05, 0.1) is 4.90 Å². The Labute approximate surface area is 139 Å². The summed E-state index contributed by atoms with van der Waals surface area (Å²) in [6, 6.07) is 3.92. The van der Waals surface area contributed by atoms with Crippen LogP contribution in [0.4, 0.5) is 0 Å². The highest BCUT2D eigenvalue weighted by Crippen LogP contribution is 2.34. The van der Waals surface area contributed by atoms with Crippen molar-refractivity contribution in [2.24, 2.45) is 0 Å². The van der Waals surface area contributed by atoms with Crippen LogP contribution in [-0.2, 0) is 14.8 Å². The summed E-state index contributed by atoms with van der Waals surface area (Å²) in [6.45, 7) is 13.3. The van der Waals surface area contributed by atoms with Crippen molar-refractivity contribution in [2.75, 3.05) is 0 Å². The van der Waals surface area contributed by atoms with Crippen LogP contribution in [0.3, 0.4) is 0 Å². The molecule has 1 aromatic rings. The topological polar surface area (TPSA) is 75.3 Å². The first-order chi connectivity index (χ1) is 10.5. The summed E-state index contributed by atoms with van der Waals surface area (Å²) in [6.07, 6.45) is 0. The van der Waals surface area contributed by atoms with E-state index in [9.17, 15) is 13.2 Å². The molecule has 0 bridgehead atoms. The van der Waals surface area contributed by atoms with E-state index in [1.807, 2.05) is 39.8 Å². The Morgan fingerprint density at radius 2 is 1.35 bits per heavy atom. The first-order valence-electron chi connectivity index (χ1n) is 7.93. The van der Waals surface area contributed by atoms with Crippen LogP contribution in [0.2, 0.25) is 0 Å².